The van der Waals surface area contributed by atoms with Crippen LogP contribution in [0.5, 0.6) is 0 Å². The minimum Gasteiger partial charge on any atom is -0.477 e. The number of aromatic carboxylic acids is 1. The summed E-state index contributed by atoms with van der Waals surface area (Å²) in [5.41, 5.74) is 0.454. The van der Waals surface area contributed by atoms with Crippen LogP contribution in [0.3, 0.4) is 0 Å². The fourth-order valence-corrected chi connectivity index (χ4v) is 0.994. The van der Waals surface area contributed by atoms with Crippen molar-refractivity contribution in [3.05, 3.63) is 29.6 Å². The molecule has 1 aromatic rings. The topological polar surface area (TPSA) is 59.4 Å². The van der Waals surface area contributed by atoms with Crippen LogP contribution in [0.15, 0.2) is 18.3 Å². The molecule has 1 rings (SSSR count). The number of carbonyl (C=O) groups is 1. The molecule has 0 radical (unpaired) electrons. The molecule has 0 aliphatic carbocycles. The fraction of sp³-hybridized carbons (Fsp3) is 0.400. The first-order valence-electron chi connectivity index (χ1n) is 4.22. The van der Waals surface area contributed by atoms with E-state index in [0.717, 1.165) is 5.56 Å². The number of nitrogens with zero attached hydrogens (tertiary/aromatic N) is 1. The van der Waals surface area contributed by atoms with E-state index in [4.69, 9.17) is 9.84 Å². The van der Waals surface area contributed by atoms with Crippen LogP contribution in [0.2, 0.25) is 0 Å². The van der Waals surface area contributed by atoms with Crippen molar-refractivity contribution >= 4 is 5.97 Å². The van der Waals surface area contributed by atoms with Crippen molar-refractivity contribution in [3.8, 4) is 0 Å². The van der Waals surface area contributed by atoms with Crippen LogP contribution in [0, 0.1) is 0 Å². The molecule has 0 atom stereocenters. The minimum absolute atomic E-state index is 0.0423. The molecule has 0 aliphatic rings. The van der Waals surface area contributed by atoms with Gasteiger partial charge in [-0.3, -0.25) is 0 Å². The molecule has 0 aliphatic heterocycles. The smallest absolute Gasteiger partial charge is 0.354 e. The van der Waals surface area contributed by atoms with E-state index in [1.54, 1.807) is 13.2 Å². The van der Waals surface area contributed by atoms with Gasteiger partial charge >= 0.3 is 5.97 Å². The third-order valence-electron chi connectivity index (χ3n) is 2.19. The van der Waals surface area contributed by atoms with Gasteiger partial charge in [-0.25, -0.2) is 9.78 Å². The van der Waals surface area contributed by atoms with Crippen LogP contribution in [0.4, 0.5) is 0 Å². The van der Waals surface area contributed by atoms with Gasteiger partial charge in [-0.05, 0) is 19.9 Å². The highest BCUT2D eigenvalue weighted by molar-refractivity contribution is 5.85. The maximum Gasteiger partial charge on any atom is 0.354 e. The first kappa shape index (κ1) is 10.7. The Kier molecular flexibility index (Phi) is 2.86. The highest BCUT2D eigenvalue weighted by atomic mass is 16.5. The summed E-state index contributed by atoms with van der Waals surface area (Å²) in [4.78, 5) is 14.4. The van der Waals surface area contributed by atoms with Crippen molar-refractivity contribution in [1.29, 1.82) is 0 Å². The molecule has 0 aromatic carbocycles. The maximum atomic E-state index is 10.5. The van der Waals surface area contributed by atoms with Crippen molar-refractivity contribution in [1.82, 2.24) is 4.98 Å². The Balaban J connectivity index is 2.99. The lowest BCUT2D eigenvalue weighted by atomic mass is 10.00. The highest BCUT2D eigenvalue weighted by Gasteiger charge is 2.19. The van der Waals surface area contributed by atoms with Gasteiger partial charge in [0.05, 0.1) is 5.60 Å². The summed E-state index contributed by atoms with van der Waals surface area (Å²) in [5, 5.41) is 8.64. The van der Waals surface area contributed by atoms with Gasteiger partial charge in [0.15, 0.2) is 0 Å². The van der Waals surface area contributed by atoms with E-state index in [9.17, 15) is 4.79 Å². The van der Waals surface area contributed by atoms with Crippen LogP contribution in [0.1, 0.15) is 29.9 Å². The van der Waals surface area contributed by atoms with E-state index in [0.29, 0.717) is 0 Å². The number of pyridine rings is 1. The number of hydrogen-bond acceptors (Lipinski definition) is 3. The molecule has 0 saturated heterocycles. The molecule has 1 heterocycles. The Labute approximate surface area is 82.5 Å². The van der Waals surface area contributed by atoms with Crippen molar-refractivity contribution in [2.75, 3.05) is 7.11 Å². The van der Waals surface area contributed by atoms with Crippen molar-refractivity contribution in [2.24, 2.45) is 0 Å². The molecule has 0 bridgehead atoms. The van der Waals surface area contributed by atoms with Crippen molar-refractivity contribution < 1.29 is 14.6 Å². The third kappa shape index (κ3) is 2.09. The predicted octanol–water partition coefficient (Wildman–Crippen LogP) is 1.66. The Morgan fingerprint density at radius 1 is 1.50 bits per heavy atom. The molecule has 0 spiro atoms. The van der Waals surface area contributed by atoms with Crippen LogP contribution < -0.4 is 0 Å². The number of hydrogen-bond donors (Lipinski definition) is 1. The van der Waals surface area contributed by atoms with Gasteiger partial charge in [-0.2, -0.15) is 0 Å². The van der Waals surface area contributed by atoms with Gasteiger partial charge in [-0.1, -0.05) is 6.07 Å². The molecule has 14 heavy (non-hydrogen) atoms. The van der Waals surface area contributed by atoms with Gasteiger partial charge in [0.1, 0.15) is 5.69 Å². The third-order valence-corrected chi connectivity index (χ3v) is 2.19. The standard InChI is InChI=1S/C10H13NO3/c1-10(2,14-3)7-4-5-8(9(12)13)11-6-7/h4-6H,1-3H3,(H,12,13). The summed E-state index contributed by atoms with van der Waals surface area (Å²) in [7, 11) is 1.60. The first-order valence-corrected chi connectivity index (χ1v) is 4.22. The minimum atomic E-state index is -1.02. The average molecular weight is 195 g/mol. The second-order valence-corrected chi connectivity index (χ2v) is 3.45. The Morgan fingerprint density at radius 3 is 2.50 bits per heavy atom. The number of aromatic nitrogens is 1. The number of ether oxygens (including phenoxy) is 1. The second-order valence-electron chi connectivity index (χ2n) is 3.45. The number of rotatable bonds is 3. The van der Waals surface area contributed by atoms with Gasteiger partial charge in [-0.15, -0.1) is 0 Å². The van der Waals surface area contributed by atoms with E-state index >= 15 is 0 Å². The van der Waals surface area contributed by atoms with Crippen LogP contribution in [-0.4, -0.2) is 23.2 Å². The molecule has 4 nitrogen and oxygen atoms in total. The molecular formula is C10H13NO3. The highest BCUT2D eigenvalue weighted by Crippen LogP contribution is 2.22. The molecule has 4 heteroatoms. The zero-order valence-electron chi connectivity index (χ0n) is 8.44. The summed E-state index contributed by atoms with van der Waals surface area (Å²) >= 11 is 0. The zero-order chi connectivity index (χ0) is 10.8. The predicted molar refractivity (Wildman–Crippen MR) is 51.2 cm³/mol. The zero-order valence-corrected chi connectivity index (χ0v) is 8.44. The van der Waals surface area contributed by atoms with Crippen LogP contribution in [-0.2, 0) is 10.3 Å². The van der Waals surface area contributed by atoms with E-state index < -0.39 is 11.6 Å². The monoisotopic (exact) mass is 195 g/mol. The van der Waals surface area contributed by atoms with Crippen molar-refractivity contribution in [2.45, 2.75) is 19.4 Å². The van der Waals surface area contributed by atoms with Gasteiger partial charge in [0, 0.05) is 18.9 Å². The molecule has 0 fully saturated rings. The summed E-state index contributed by atoms with van der Waals surface area (Å²) in [6.07, 6.45) is 1.52. The van der Waals surface area contributed by atoms with Crippen LogP contribution in [0.25, 0.3) is 0 Å². The quantitative estimate of drug-likeness (QED) is 0.796. The Bertz CT molecular complexity index is 330. The summed E-state index contributed by atoms with van der Waals surface area (Å²) in [6, 6.07) is 3.18. The summed E-state index contributed by atoms with van der Waals surface area (Å²) in [5.74, 6) is -1.02. The second kappa shape index (κ2) is 3.75. The molecule has 0 saturated carbocycles. The molecule has 1 N–H and O–H groups in total. The molecule has 1 aromatic heterocycles. The molecule has 0 unspecified atom stereocenters. The normalized spacial score (nSPS) is 11.4. The lowest BCUT2D eigenvalue weighted by Gasteiger charge is -2.22. The number of methoxy groups -OCH3 is 1. The lowest BCUT2D eigenvalue weighted by Crippen LogP contribution is -2.19. The lowest BCUT2D eigenvalue weighted by molar-refractivity contribution is 0.0188. The van der Waals surface area contributed by atoms with E-state index in [-0.39, 0.29) is 5.69 Å². The van der Waals surface area contributed by atoms with E-state index in [1.165, 1.54) is 12.3 Å². The summed E-state index contributed by atoms with van der Waals surface area (Å²) in [6.45, 7) is 3.79. The average Bonchev–Trinajstić information content (AvgIpc) is 2.18. The van der Waals surface area contributed by atoms with E-state index in [1.807, 2.05) is 13.8 Å². The largest absolute Gasteiger partial charge is 0.477 e. The molecular weight excluding hydrogens is 182 g/mol. The van der Waals surface area contributed by atoms with Gasteiger partial charge < -0.3 is 9.84 Å². The van der Waals surface area contributed by atoms with Gasteiger partial charge in [0.25, 0.3) is 0 Å². The Hall–Kier alpha value is -1.42. The van der Waals surface area contributed by atoms with Gasteiger partial charge in [0.2, 0.25) is 0 Å². The first-order chi connectivity index (χ1) is 6.47. The molecule has 76 valence electrons. The number of carboxylic acids is 1. The van der Waals surface area contributed by atoms with E-state index in [2.05, 4.69) is 4.98 Å². The van der Waals surface area contributed by atoms with Crippen molar-refractivity contribution in [3.63, 3.8) is 0 Å². The Morgan fingerprint density at radius 2 is 2.14 bits per heavy atom. The number of carboxylic acid groups (broad SMARTS) is 1. The maximum absolute atomic E-state index is 10.5. The van der Waals surface area contributed by atoms with Crippen LogP contribution >= 0.6 is 0 Å². The SMILES string of the molecule is COC(C)(C)c1ccc(C(=O)O)nc1. The summed E-state index contributed by atoms with van der Waals surface area (Å²) < 4.78 is 5.24. The fourth-order valence-electron chi connectivity index (χ4n) is 0.994. The molecule has 0 amide bonds.